The molecule has 1 heteroatoms. The van der Waals surface area contributed by atoms with Crippen molar-refractivity contribution in [2.24, 2.45) is 5.92 Å². The number of rotatable bonds is 3. The third-order valence-corrected chi connectivity index (χ3v) is 1.73. The van der Waals surface area contributed by atoms with Crippen molar-refractivity contribution in [3.05, 3.63) is 0 Å². The van der Waals surface area contributed by atoms with Gasteiger partial charge in [-0.3, -0.25) is 0 Å². The summed E-state index contributed by atoms with van der Waals surface area (Å²) >= 11 is 4.45. The second-order valence-corrected chi connectivity index (χ2v) is 4.74. The highest BCUT2D eigenvalue weighted by Gasteiger charge is 2.14. The molecule has 0 amide bonds. The van der Waals surface area contributed by atoms with E-state index in [-0.39, 0.29) is 4.75 Å². The zero-order valence-electron chi connectivity index (χ0n) is 6.94. The van der Waals surface area contributed by atoms with Crippen LogP contribution < -0.4 is 0 Å². The van der Waals surface area contributed by atoms with Crippen LogP contribution in [0.15, 0.2) is 0 Å². The van der Waals surface area contributed by atoms with Gasteiger partial charge in [0.05, 0.1) is 0 Å². The second kappa shape index (κ2) is 3.50. The summed E-state index contributed by atoms with van der Waals surface area (Å²) in [4.78, 5) is 0. The minimum absolute atomic E-state index is 0.218. The molecule has 0 radical (unpaired) electrons. The van der Waals surface area contributed by atoms with Crippen LogP contribution in [0.2, 0.25) is 0 Å². The van der Waals surface area contributed by atoms with Crippen LogP contribution in [0.25, 0.3) is 0 Å². The third kappa shape index (κ3) is 6.23. The summed E-state index contributed by atoms with van der Waals surface area (Å²) in [6.07, 6.45) is 2.48. The molecule has 0 fully saturated rings. The lowest BCUT2D eigenvalue weighted by molar-refractivity contribution is 0.458. The summed E-state index contributed by atoms with van der Waals surface area (Å²) in [7, 11) is 0. The zero-order valence-corrected chi connectivity index (χ0v) is 7.83. The van der Waals surface area contributed by atoms with Gasteiger partial charge in [-0.25, -0.2) is 0 Å². The van der Waals surface area contributed by atoms with Crippen molar-refractivity contribution in [2.75, 3.05) is 0 Å². The second-order valence-electron chi connectivity index (χ2n) is 3.53. The van der Waals surface area contributed by atoms with E-state index in [0.29, 0.717) is 0 Å². The molecule has 0 nitrogen and oxygen atoms in total. The van der Waals surface area contributed by atoms with E-state index in [1.54, 1.807) is 0 Å². The molecule has 0 heterocycles. The van der Waals surface area contributed by atoms with Crippen LogP contribution in [-0.4, -0.2) is 4.75 Å². The predicted octanol–water partition coefficient (Wildman–Crippen LogP) is 3.13. The van der Waals surface area contributed by atoms with Gasteiger partial charge in [0.2, 0.25) is 0 Å². The van der Waals surface area contributed by atoms with E-state index in [1.165, 1.54) is 12.8 Å². The lowest BCUT2D eigenvalue weighted by atomic mass is 9.96. The molecule has 0 aromatic rings. The van der Waals surface area contributed by atoms with Gasteiger partial charge in [0, 0.05) is 4.75 Å². The molecular formula is C8H18S. The minimum Gasteiger partial charge on any atom is -0.173 e. The molecule has 0 aliphatic carbocycles. The third-order valence-electron chi connectivity index (χ3n) is 1.54. The summed E-state index contributed by atoms with van der Waals surface area (Å²) in [6, 6.07) is 0. The Balaban J connectivity index is 3.47. The highest BCUT2D eigenvalue weighted by molar-refractivity contribution is 7.81. The Morgan fingerprint density at radius 1 is 1.44 bits per heavy atom. The van der Waals surface area contributed by atoms with Crippen LogP contribution in [0.5, 0.6) is 0 Å². The average Bonchev–Trinajstić information content (AvgIpc) is 1.62. The number of hydrogen-bond acceptors (Lipinski definition) is 1. The van der Waals surface area contributed by atoms with Crippen molar-refractivity contribution in [3.8, 4) is 0 Å². The monoisotopic (exact) mass is 146 g/mol. The molecule has 1 unspecified atom stereocenters. The van der Waals surface area contributed by atoms with Crippen LogP contribution in [0.1, 0.15) is 40.5 Å². The molecule has 0 aliphatic heterocycles. The maximum Gasteiger partial charge on any atom is 0.00757 e. The highest BCUT2D eigenvalue weighted by Crippen LogP contribution is 2.23. The smallest absolute Gasteiger partial charge is 0.00757 e. The predicted molar refractivity (Wildman–Crippen MR) is 47.1 cm³/mol. The fourth-order valence-corrected chi connectivity index (χ4v) is 1.31. The lowest BCUT2D eigenvalue weighted by Gasteiger charge is -2.20. The first-order valence-corrected chi connectivity index (χ1v) is 4.13. The number of hydrogen-bond donors (Lipinski definition) is 1. The Bertz CT molecular complexity index is 71.1. The largest absolute Gasteiger partial charge is 0.173 e. The SMILES string of the molecule is CCC(C)CC(C)(C)S. The van der Waals surface area contributed by atoms with E-state index in [9.17, 15) is 0 Å². The van der Waals surface area contributed by atoms with Crippen molar-refractivity contribution in [1.29, 1.82) is 0 Å². The van der Waals surface area contributed by atoms with Gasteiger partial charge in [-0.15, -0.1) is 0 Å². The Morgan fingerprint density at radius 3 is 2.00 bits per heavy atom. The molecule has 9 heavy (non-hydrogen) atoms. The first-order valence-electron chi connectivity index (χ1n) is 3.68. The van der Waals surface area contributed by atoms with E-state index in [2.05, 4.69) is 40.3 Å². The molecule has 56 valence electrons. The molecule has 1 atom stereocenters. The van der Waals surface area contributed by atoms with Gasteiger partial charge in [-0.1, -0.05) is 34.1 Å². The molecule has 0 rings (SSSR count). The topological polar surface area (TPSA) is 0 Å². The minimum atomic E-state index is 0.218. The van der Waals surface area contributed by atoms with Crippen molar-refractivity contribution < 1.29 is 0 Å². The average molecular weight is 146 g/mol. The molecule has 0 aromatic carbocycles. The molecule has 0 saturated heterocycles. The Labute approximate surface area is 64.4 Å². The van der Waals surface area contributed by atoms with Crippen LogP contribution >= 0.6 is 12.6 Å². The molecule has 0 saturated carbocycles. The van der Waals surface area contributed by atoms with Gasteiger partial charge in [-0.2, -0.15) is 12.6 Å². The van der Waals surface area contributed by atoms with Gasteiger partial charge in [-0.05, 0) is 12.3 Å². The number of thiol groups is 1. The van der Waals surface area contributed by atoms with Gasteiger partial charge in [0.1, 0.15) is 0 Å². The molecular weight excluding hydrogens is 128 g/mol. The van der Waals surface area contributed by atoms with Crippen molar-refractivity contribution >= 4 is 12.6 Å². The van der Waals surface area contributed by atoms with E-state index in [4.69, 9.17) is 0 Å². The molecule has 0 bridgehead atoms. The lowest BCUT2D eigenvalue weighted by Crippen LogP contribution is -2.14. The zero-order chi connectivity index (χ0) is 7.49. The van der Waals surface area contributed by atoms with E-state index in [0.717, 1.165) is 5.92 Å². The van der Waals surface area contributed by atoms with Crippen LogP contribution in [0.4, 0.5) is 0 Å². The molecule has 0 N–H and O–H groups in total. The molecule has 0 aliphatic rings. The first kappa shape index (κ1) is 9.35. The molecule has 0 aromatic heterocycles. The van der Waals surface area contributed by atoms with Crippen molar-refractivity contribution in [1.82, 2.24) is 0 Å². The van der Waals surface area contributed by atoms with Crippen LogP contribution in [0, 0.1) is 5.92 Å². The quantitative estimate of drug-likeness (QED) is 0.581. The Morgan fingerprint density at radius 2 is 1.89 bits per heavy atom. The van der Waals surface area contributed by atoms with Gasteiger partial charge in [0.15, 0.2) is 0 Å². The Hall–Kier alpha value is 0.350. The fourth-order valence-electron chi connectivity index (χ4n) is 0.997. The van der Waals surface area contributed by atoms with Crippen molar-refractivity contribution in [2.45, 2.75) is 45.3 Å². The van der Waals surface area contributed by atoms with Crippen LogP contribution in [0.3, 0.4) is 0 Å². The van der Waals surface area contributed by atoms with E-state index < -0.39 is 0 Å². The first-order chi connectivity index (χ1) is 3.95. The van der Waals surface area contributed by atoms with Gasteiger partial charge in [0.25, 0.3) is 0 Å². The summed E-state index contributed by atoms with van der Waals surface area (Å²) in [5.41, 5.74) is 0. The van der Waals surface area contributed by atoms with Gasteiger partial charge >= 0.3 is 0 Å². The summed E-state index contributed by atoms with van der Waals surface area (Å²) in [5, 5.41) is 0. The van der Waals surface area contributed by atoms with Crippen molar-refractivity contribution in [3.63, 3.8) is 0 Å². The normalized spacial score (nSPS) is 15.7. The van der Waals surface area contributed by atoms with Gasteiger partial charge < -0.3 is 0 Å². The molecule has 0 spiro atoms. The summed E-state index contributed by atoms with van der Waals surface area (Å²) < 4.78 is 0.218. The highest BCUT2D eigenvalue weighted by atomic mass is 32.1. The standard InChI is InChI=1S/C8H18S/c1-5-7(2)6-8(3,4)9/h7,9H,5-6H2,1-4H3. The summed E-state index contributed by atoms with van der Waals surface area (Å²) in [5.74, 6) is 0.817. The summed E-state index contributed by atoms with van der Waals surface area (Å²) in [6.45, 7) is 8.84. The van der Waals surface area contributed by atoms with E-state index >= 15 is 0 Å². The maximum atomic E-state index is 4.45. The van der Waals surface area contributed by atoms with Crippen LogP contribution in [-0.2, 0) is 0 Å². The maximum absolute atomic E-state index is 4.45. The van der Waals surface area contributed by atoms with E-state index in [1.807, 2.05) is 0 Å². The fraction of sp³-hybridized carbons (Fsp3) is 1.00. The Kier molecular flexibility index (Phi) is 3.64.